The van der Waals surface area contributed by atoms with E-state index in [0.717, 1.165) is 0 Å². The van der Waals surface area contributed by atoms with Gasteiger partial charge in [-0.3, -0.25) is 0 Å². The van der Waals surface area contributed by atoms with Crippen LogP contribution in [0.3, 0.4) is 0 Å². The van der Waals surface area contributed by atoms with E-state index in [9.17, 15) is 4.79 Å². The summed E-state index contributed by atoms with van der Waals surface area (Å²) < 4.78 is 0. The zero-order valence-electron chi connectivity index (χ0n) is 6.18. The molecule has 1 aliphatic heterocycles. The van der Waals surface area contributed by atoms with E-state index in [0.29, 0.717) is 0 Å². The summed E-state index contributed by atoms with van der Waals surface area (Å²) >= 11 is 0. The van der Waals surface area contributed by atoms with Crippen LogP contribution in [0.2, 0.25) is 0 Å². The largest absolute Gasteiger partial charge is 0.465 e. The first-order valence-corrected chi connectivity index (χ1v) is 3.38. The predicted molar refractivity (Wildman–Crippen MR) is 39.2 cm³/mol. The fraction of sp³-hybridized carbons (Fsp3) is 0.833. The van der Waals surface area contributed by atoms with Gasteiger partial charge in [-0.1, -0.05) is 0 Å². The molecule has 1 fully saturated rings. The van der Waals surface area contributed by atoms with E-state index < -0.39 is 6.09 Å². The summed E-state index contributed by atoms with van der Waals surface area (Å²) in [5, 5.41) is 12.8. The molecule has 0 saturated carbocycles. The minimum absolute atomic E-state index is 0.995. The number of amides is 1. The molecule has 4 nitrogen and oxygen atoms in total. The second-order valence-electron chi connectivity index (χ2n) is 2.01. The van der Waals surface area contributed by atoms with Crippen molar-refractivity contribution in [3.05, 3.63) is 0 Å². The Labute approximate surface area is 60.6 Å². The summed E-state index contributed by atoms with van der Waals surface area (Å²) in [5.74, 6) is 0. The molecule has 0 bridgehead atoms. The van der Waals surface area contributed by atoms with Crippen LogP contribution in [-0.4, -0.2) is 31.3 Å². The van der Waals surface area contributed by atoms with Gasteiger partial charge in [-0.25, -0.2) is 4.79 Å². The number of nitrogens with one attached hydrogen (secondary N) is 2. The summed E-state index contributed by atoms with van der Waals surface area (Å²) in [5.41, 5.74) is 0. The summed E-state index contributed by atoms with van der Waals surface area (Å²) in [6.45, 7) is 2.50. The number of carbonyl (C=O) groups is 1. The molecule has 0 spiro atoms. The van der Waals surface area contributed by atoms with Crippen LogP contribution in [-0.2, 0) is 0 Å². The van der Waals surface area contributed by atoms with E-state index in [2.05, 4.69) is 5.32 Å². The molecule has 1 rings (SSSR count). The molecule has 10 heavy (non-hydrogen) atoms. The maximum atomic E-state index is 9.26. The smallest absolute Gasteiger partial charge is 0.404 e. The maximum Gasteiger partial charge on any atom is 0.404 e. The molecule has 1 amide bonds. The van der Waals surface area contributed by atoms with Crippen molar-refractivity contribution in [1.29, 1.82) is 0 Å². The monoisotopic (exact) mass is 146 g/mol. The first kappa shape index (κ1) is 9.23. The van der Waals surface area contributed by atoms with E-state index in [-0.39, 0.29) is 0 Å². The van der Waals surface area contributed by atoms with Crippen molar-refractivity contribution in [3.8, 4) is 0 Å². The Morgan fingerprint density at radius 1 is 1.50 bits per heavy atom. The Morgan fingerprint density at radius 2 is 1.90 bits per heavy atom. The third-order valence-electron chi connectivity index (χ3n) is 1.17. The Kier molecular flexibility index (Phi) is 5.86. The van der Waals surface area contributed by atoms with Crippen LogP contribution in [0.5, 0.6) is 0 Å². The molecule has 0 atom stereocenters. The average molecular weight is 146 g/mol. The van der Waals surface area contributed by atoms with Crippen LogP contribution in [0.4, 0.5) is 4.79 Å². The highest BCUT2D eigenvalue weighted by Gasteiger charge is 1.93. The van der Waals surface area contributed by atoms with Crippen LogP contribution in [0.1, 0.15) is 12.8 Å². The lowest BCUT2D eigenvalue weighted by molar-refractivity contribution is 0.197. The zero-order valence-corrected chi connectivity index (χ0v) is 6.18. The first-order chi connectivity index (χ1) is 4.77. The van der Waals surface area contributed by atoms with E-state index >= 15 is 0 Å². The van der Waals surface area contributed by atoms with Gasteiger partial charge in [0.2, 0.25) is 0 Å². The van der Waals surface area contributed by atoms with Crippen LogP contribution in [0.25, 0.3) is 0 Å². The maximum absolute atomic E-state index is 9.26. The molecule has 0 aromatic carbocycles. The summed E-state index contributed by atoms with van der Waals surface area (Å²) in [7, 11) is 1.35. The molecule has 0 unspecified atom stereocenters. The Morgan fingerprint density at radius 3 is 2.00 bits per heavy atom. The average Bonchev–Trinajstić information content (AvgIpc) is 2.43. The third kappa shape index (κ3) is 7.23. The highest BCUT2D eigenvalue weighted by atomic mass is 16.4. The predicted octanol–water partition coefficient (Wildman–Crippen LogP) is 0.254. The normalized spacial score (nSPS) is 15.3. The Bertz CT molecular complexity index is 84.1. The van der Waals surface area contributed by atoms with Crippen molar-refractivity contribution >= 4 is 6.09 Å². The van der Waals surface area contributed by atoms with Crippen molar-refractivity contribution in [2.75, 3.05) is 20.1 Å². The highest BCUT2D eigenvalue weighted by molar-refractivity contribution is 5.63. The van der Waals surface area contributed by atoms with Gasteiger partial charge in [0.15, 0.2) is 0 Å². The fourth-order valence-electron chi connectivity index (χ4n) is 0.625. The Hall–Kier alpha value is -0.770. The number of rotatable bonds is 0. The quantitative estimate of drug-likeness (QED) is 0.459. The third-order valence-corrected chi connectivity index (χ3v) is 1.17. The second kappa shape index (κ2) is 6.35. The molecule has 0 aromatic heterocycles. The van der Waals surface area contributed by atoms with E-state index in [1.807, 2.05) is 5.32 Å². The van der Waals surface area contributed by atoms with E-state index in [4.69, 9.17) is 5.11 Å². The van der Waals surface area contributed by atoms with Crippen LogP contribution < -0.4 is 10.6 Å². The second-order valence-corrected chi connectivity index (χ2v) is 2.01. The lowest BCUT2D eigenvalue weighted by Crippen LogP contribution is -2.13. The van der Waals surface area contributed by atoms with Gasteiger partial charge in [0.1, 0.15) is 0 Å². The SMILES string of the molecule is C1CCNC1.CNC(=O)O. The molecule has 0 aliphatic carbocycles. The molecule has 0 aromatic rings. The van der Waals surface area contributed by atoms with E-state index in [1.54, 1.807) is 0 Å². The minimum Gasteiger partial charge on any atom is -0.465 e. The van der Waals surface area contributed by atoms with Gasteiger partial charge in [0.25, 0.3) is 0 Å². The van der Waals surface area contributed by atoms with Crippen molar-refractivity contribution in [2.24, 2.45) is 0 Å². The Balaban J connectivity index is 0.000000162. The lowest BCUT2D eigenvalue weighted by Gasteiger charge is -1.78. The molecule has 4 heteroatoms. The van der Waals surface area contributed by atoms with Crippen molar-refractivity contribution in [3.63, 3.8) is 0 Å². The van der Waals surface area contributed by atoms with Crippen molar-refractivity contribution in [2.45, 2.75) is 12.8 Å². The molecule has 1 saturated heterocycles. The molecule has 1 heterocycles. The molecular weight excluding hydrogens is 132 g/mol. The van der Waals surface area contributed by atoms with E-state index in [1.165, 1.54) is 33.0 Å². The van der Waals surface area contributed by atoms with Gasteiger partial charge >= 0.3 is 6.09 Å². The van der Waals surface area contributed by atoms with Crippen LogP contribution in [0.15, 0.2) is 0 Å². The van der Waals surface area contributed by atoms with Gasteiger partial charge in [-0.2, -0.15) is 0 Å². The lowest BCUT2D eigenvalue weighted by atomic mass is 10.4. The molecule has 1 aliphatic rings. The van der Waals surface area contributed by atoms with Crippen molar-refractivity contribution < 1.29 is 9.90 Å². The van der Waals surface area contributed by atoms with Gasteiger partial charge in [-0.15, -0.1) is 0 Å². The van der Waals surface area contributed by atoms with Crippen molar-refractivity contribution in [1.82, 2.24) is 10.6 Å². The van der Waals surface area contributed by atoms with Crippen LogP contribution in [0, 0.1) is 0 Å². The van der Waals surface area contributed by atoms with Gasteiger partial charge < -0.3 is 15.7 Å². The molecular formula is C6H14N2O2. The number of hydrogen-bond donors (Lipinski definition) is 3. The zero-order chi connectivity index (χ0) is 7.82. The summed E-state index contributed by atoms with van der Waals surface area (Å²) in [4.78, 5) is 9.26. The first-order valence-electron chi connectivity index (χ1n) is 3.38. The summed E-state index contributed by atoms with van der Waals surface area (Å²) in [6, 6.07) is 0. The van der Waals surface area contributed by atoms with Gasteiger partial charge in [-0.05, 0) is 25.9 Å². The number of hydrogen-bond acceptors (Lipinski definition) is 2. The molecule has 3 N–H and O–H groups in total. The van der Waals surface area contributed by atoms with Crippen LogP contribution >= 0.6 is 0 Å². The van der Waals surface area contributed by atoms with Gasteiger partial charge in [0, 0.05) is 7.05 Å². The number of carboxylic acid groups (broad SMARTS) is 1. The fourth-order valence-corrected chi connectivity index (χ4v) is 0.625. The molecule has 60 valence electrons. The standard InChI is InChI=1S/C4H9N.C2H5NO2/c1-2-4-5-3-1;1-3-2(4)5/h5H,1-4H2;3H,1H3,(H,4,5). The van der Waals surface area contributed by atoms with Gasteiger partial charge in [0.05, 0.1) is 0 Å². The highest BCUT2D eigenvalue weighted by Crippen LogP contribution is 1.90. The topological polar surface area (TPSA) is 61.4 Å². The summed E-state index contributed by atoms with van der Waals surface area (Å²) in [6.07, 6.45) is 1.78. The molecule has 0 radical (unpaired) electrons. The minimum atomic E-state index is -0.995.